The lowest BCUT2D eigenvalue weighted by Crippen LogP contribution is -2.49. The predicted octanol–water partition coefficient (Wildman–Crippen LogP) is -0.287. The van der Waals surface area contributed by atoms with Gasteiger partial charge in [-0.2, -0.15) is 4.98 Å². The van der Waals surface area contributed by atoms with Crippen molar-refractivity contribution in [3.8, 4) is 0 Å². The van der Waals surface area contributed by atoms with Gasteiger partial charge in [0.25, 0.3) is 5.91 Å². The Morgan fingerprint density at radius 3 is 2.44 bits per heavy atom. The van der Waals surface area contributed by atoms with Crippen molar-refractivity contribution in [2.75, 3.05) is 62.3 Å². The van der Waals surface area contributed by atoms with Gasteiger partial charge in [-0.1, -0.05) is 5.21 Å². The molecule has 0 atom stereocenters. The quantitative estimate of drug-likeness (QED) is 0.726. The van der Waals surface area contributed by atoms with E-state index in [0.717, 1.165) is 43.6 Å². The van der Waals surface area contributed by atoms with Crippen LogP contribution in [0.4, 0.5) is 11.8 Å². The average molecular weight is 372 g/mol. The van der Waals surface area contributed by atoms with E-state index in [-0.39, 0.29) is 5.91 Å². The summed E-state index contributed by atoms with van der Waals surface area (Å²) in [6.07, 6.45) is 1.65. The summed E-state index contributed by atoms with van der Waals surface area (Å²) in [6.45, 7) is 7.73. The lowest BCUT2D eigenvalue weighted by molar-refractivity contribution is 0.0740. The zero-order valence-electron chi connectivity index (χ0n) is 15.7. The topological polar surface area (TPSA) is 92.5 Å². The third-order valence-corrected chi connectivity index (χ3v) is 4.84. The van der Waals surface area contributed by atoms with Crippen molar-refractivity contribution in [2.45, 2.75) is 6.92 Å². The van der Waals surface area contributed by atoms with Crippen LogP contribution in [0.5, 0.6) is 0 Å². The molecule has 27 heavy (non-hydrogen) atoms. The number of nitrogens with zero attached hydrogens (tertiary/aromatic N) is 8. The third kappa shape index (κ3) is 3.85. The number of amides is 1. The summed E-state index contributed by atoms with van der Waals surface area (Å²) in [5.74, 6) is 1.59. The summed E-state index contributed by atoms with van der Waals surface area (Å²) in [5, 5.41) is 7.75. The van der Waals surface area contributed by atoms with Gasteiger partial charge in [0.2, 0.25) is 5.95 Å². The Bertz CT molecular complexity index is 809. The number of hydrogen-bond acceptors (Lipinski definition) is 8. The number of aryl methyl sites for hydroxylation is 2. The number of carbonyl (C=O) groups is 1. The molecule has 2 aliphatic heterocycles. The standard InChI is InChI=1S/C17H24N8O2/c1-13-11-15(19-17(18-13)25-7-9-27-10-8-25)23-3-5-24(6-4-23)16(26)14-12-22(2)21-20-14/h11-12H,3-10H2,1-2H3. The first-order valence-electron chi connectivity index (χ1n) is 9.19. The molecule has 4 heterocycles. The van der Waals surface area contributed by atoms with Crippen LogP contribution < -0.4 is 9.80 Å². The van der Waals surface area contributed by atoms with Gasteiger partial charge in [-0.05, 0) is 6.92 Å². The molecule has 2 aromatic rings. The Morgan fingerprint density at radius 2 is 1.78 bits per heavy atom. The van der Waals surface area contributed by atoms with Crippen molar-refractivity contribution < 1.29 is 9.53 Å². The first-order chi connectivity index (χ1) is 13.1. The number of carbonyl (C=O) groups excluding carboxylic acids is 1. The van der Waals surface area contributed by atoms with E-state index >= 15 is 0 Å². The lowest BCUT2D eigenvalue weighted by atomic mass is 10.2. The van der Waals surface area contributed by atoms with Crippen molar-refractivity contribution in [2.24, 2.45) is 7.05 Å². The molecule has 10 nitrogen and oxygen atoms in total. The van der Waals surface area contributed by atoms with Crippen LogP contribution in [0.15, 0.2) is 12.3 Å². The molecule has 0 spiro atoms. The van der Waals surface area contributed by atoms with E-state index in [2.05, 4.69) is 25.1 Å². The molecule has 0 radical (unpaired) electrons. The van der Waals surface area contributed by atoms with Crippen molar-refractivity contribution >= 4 is 17.7 Å². The minimum Gasteiger partial charge on any atom is -0.378 e. The van der Waals surface area contributed by atoms with Gasteiger partial charge in [0.15, 0.2) is 5.69 Å². The summed E-state index contributed by atoms with van der Waals surface area (Å²) in [7, 11) is 1.76. The molecule has 0 aromatic carbocycles. The fourth-order valence-electron chi connectivity index (χ4n) is 3.35. The van der Waals surface area contributed by atoms with Crippen LogP contribution in [0.1, 0.15) is 16.2 Å². The van der Waals surface area contributed by atoms with Crippen LogP contribution in [0.3, 0.4) is 0 Å². The average Bonchev–Trinajstić information content (AvgIpc) is 3.14. The number of aromatic nitrogens is 5. The molecule has 0 aliphatic carbocycles. The van der Waals surface area contributed by atoms with Crippen LogP contribution in [-0.4, -0.2) is 88.3 Å². The molecule has 1 amide bonds. The highest BCUT2D eigenvalue weighted by molar-refractivity contribution is 5.92. The van der Waals surface area contributed by atoms with E-state index < -0.39 is 0 Å². The molecular weight excluding hydrogens is 348 g/mol. The second-order valence-electron chi connectivity index (χ2n) is 6.82. The molecule has 2 aromatic heterocycles. The van der Waals surface area contributed by atoms with E-state index in [1.54, 1.807) is 17.9 Å². The SMILES string of the molecule is Cc1cc(N2CCN(C(=O)c3cn(C)nn3)CC2)nc(N2CCOCC2)n1. The van der Waals surface area contributed by atoms with Crippen molar-refractivity contribution in [1.29, 1.82) is 0 Å². The van der Waals surface area contributed by atoms with Gasteiger partial charge < -0.3 is 19.4 Å². The maximum Gasteiger partial charge on any atom is 0.276 e. The van der Waals surface area contributed by atoms with Gasteiger partial charge >= 0.3 is 0 Å². The molecular formula is C17H24N8O2. The molecule has 0 bridgehead atoms. The van der Waals surface area contributed by atoms with E-state index in [1.165, 1.54) is 0 Å². The zero-order valence-corrected chi connectivity index (χ0v) is 15.7. The fraction of sp³-hybridized carbons (Fsp3) is 0.588. The Hall–Kier alpha value is -2.75. The van der Waals surface area contributed by atoms with E-state index in [4.69, 9.17) is 9.72 Å². The highest BCUT2D eigenvalue weighted by Gasteiger charge is 2.25. The number of ether oxygens (including phenoxy) is 1. The van der Waals surface area contributed by atoms with Gasteiger partial charge in [0, 0.05) is 58.1 Å². The fourth-order valence-corrected chi connectivity index (χ4v) is 3.35. The maximum atomic E-state index is 12.5. The van der Waals surface area contributed by atoms with Crippen molar-refractivity contribution in [3.05, 3.63) is 23.7 Å². The second kappa shape index (κ2) is 7.47. The minimum atomic E-state index is -0.0735. The van der Waals surface area contributed by atoms with Crippen LogP contribution in [-0.2, 0) is 11.8 Å². The summed E-state index contributed by atoms with van der Waals surface area (Å²) < 4.78 is 6.96. The smallest absolute Gasteiger partial charge is 0.276 e. The predicted molar refractivity (Wildman–Crippen MR) is 98.9 cm³/mol. The molecule has 0 saturated carbocycles. The molecule has 4 rings (SSSR count). The van der Waals surface area contributed by atoms with E-state index in [9.17, 15) is 4.79 Å². The minimum absolute atomic E-state index is 0.0735. The van der Waals surface area contributed by atoms with Gasteiger partial charge in [0.05, 0.1) is 19.4 Å². The van der Waals surface area contributed by atoms with Crippen LogP contribution in [0, 0.1) is 6.92 Å². The number of anilines is 2. The first kappa shape index (κ1) is 17.7. The maximum absolute atomic E-state index is 12.5. The van der Waals surface area contributed by atoms with Gasteiger partial charge in [-0.25, -0.2) is 4.98 Å². The lowest BCUT2D eigenvalue weighted by Gasteiger charge is -2.35. The highest BCUT2D eigenvalue weighted by atomic mass is 16.5. The van der Waals surface area contributed by atoms with Gasteiger partial charge in [-0.3, -0.25) is 9.48 Å². The number of hydrogen-bond donors (Lipinski definition) is 0. The Labute approximate surface area is 157 Å². The van der Waals surface area contributed by atoms with Crippen LogP contribution >= 0.6 is 0 Å². The van der Waals surface area contributed by atoms with Crippen LogP contribution in [0.2, 0.25) is 0 Å². The normalized spacial score (nSPS) is 18.1. The molecule has 0 unspecified atom stereocenters. The third-order valence-electron chi connectivity index (χ3n) is 4.84. The Kier molecular flexibility index (Phi) is 4.88. The highest BCUT2D eigenvalue weighted by Crippen LogP contribution is 2.20. The first-order valence-corrected chi connectivity index (χ1v) is 9.19. The summed E-state index contributed by atoms with van der Waals surface area (Å²) >= 11 is 0. The molecule has 0 N–H and O–H groups in total. The molecule has 2 saturated heterocycles. The largest absolute Gasteiger partial charge is 0.378 e. The zero-order chi connectivity index (χ0) is 18.8. The molecule has 10 heteroatoms. The number of rotatable bonds is 3. The summed E-state index contributed by atoms with van der Waals surface area (Å²) in [4.78, 5) is 28.1. The Morgan fingerprint density at radius 1 is 1.04 bits per heavy atom. The van der Waals surface area contributed by atoms with Crippen molar-refractivity contribution in [3.63, 3.8) is 0 Å². The van der Waals surface area contributed by atoms with Crippen molar-refractivity contribution in [1.82, 2.24) is 29.9 Å². The molecule has 2 fully saturated rings. The van der Waals surface area contributed by atoms with E-state index in [0.29, 0.717) is 32.0 Å². The molecule has 2 aliphatic rings. The Balaban J connectivity index is 1.43. The number of piperazine rings is 1. The monoisotopic (exact) mass is 372 g/mol. The summed E-state index contributed by atoms with van der Waals surface area (Å²) in [5.41, 5.74) is 1.33. The molecule has 144 valence electrons. The second-order valence-corrected chi connectivity index (χ2v) is 6.82. The van der Waals surface area contributed by atoms with Gasteiger partial charge in [0.1, 0.15) is 5.82 Å². The van der Waals surface area contributed by atoms with E-state index in [1.807, 2.05) is 17.9 Å². The number of morpholine rings is 1. The summed E-state index contributed by atoms with van der Waals surface area (Å²) in [6, 6.07) is 2.00. The van der Waals surface area contributed by atoms with Gasteiger partial charge in [-0.15, -0.1) is 5.10 Å². The van der Waals surface area contributed by atoms with Crippen LogP contribution in [0.25, 0.3) is 0 Å².